The highest BCUT2D eigenvalue weighted by Gasteiger charge is 2.28. The van der Waals surface area contributed by atoms with Gasteiger partial charge in [-0.25, -0.2) is 4.39 Å². The van der Waals surface area contributed by atoms with E-state index in [-0.39, 0.29) is 11.6 Å². The third-order valence-electron chi connectivity index (χ3n) is 4.95. The maximum absolute atomic E-state index is 14.0. The fraction of sp³-hybridized carbons (Fsp3) is 0.556. The van der Waals surface area contributed by atoms with E-state index >= 15 is 0 Å². The summed E-state index contributed by atoms with van der Waals surface area (Å²) < 4.78 is 14.0. The molecule has 1 amide bonds. The Hall–Kier alpha value is -2.39. The molecule has 1 aromatic heterocycles. The number of para-hydroxylation sites is 1. The lowest BCUT2D eigenvalue weighted by molar-refractivity contribution is -0.125. The Morgan fingerprint density at radius 1 is 1.37 bits per heavy atom. The number of hydrogen-bond donors (Lipinski definition) is 0. The van der Waals surface area contributed by atoms with Crippen LogP contribution in [0.25, 0.3) is 0 Å². The summed E-state index contributed by atoms with van der Waals surface area (Å²) in [6, 6.07) is 6.13. The number of tetrazole rings is 1. The molecule has 0 unspecified atom stereocenters. The van der Waals surface area contributed by atoms with Crippen LogP contribution in [-0.4, -0.2) is 57.3 Å². The van der Waals surface area contributed by atoms with Crippen molar-refractivity contribution in [3.8, 4) is 0 Å². The van der Waals surface area contributed by atoms with Gasteiger partial charge >= 0.3 is 0 Å². The Morgan fingerprint density at radius 3 is 2.85 bits per heavy atom. The maximum atomic E-state index is 14.0. The van der Waals surface area contributed by atoms with E-state index in [4.69, 9.17) is 4.84 Å². The topological polar surface area (TPSA) is 76.4 Å². The standard InChI is InChI=1S/C18H25FN6O2/c1-14-11-23(9-10-24-21-13-20-22-24)8-7-16(14)12-27-25(15(2)26)18-6-4-3-5-17(18)19/h3-6,13-14,16H,7-12H2,1-2H3/t14-,16-/m0/s1. The third-order valence-corrected chi connectivity index (χ3v) is 4.95. The molecule has 2 aromatic rings. The van der Waals surface area contributed by atoms with Gasteiger partial charge in [0.25, 0.3) is 0 Å². The molecule has 0 radical (unpaired) electrons. The first-order valence-corrected chi connectivity index (χ1v) is 9.16. The lowest BCUT2D eigenvalue weighted by Crippen LogP contribution is -2.43. The summed E-state index contributed by atoms with van der Waals surface area (Å²) in [7, 11) is 0. The first kappa shape index (κ1) is 19.4. The van der Waals surface area contributed by atoms with Crippen molar-refractivity contribution in [3.05, 3.63) is 36.4 Å². The second kappa shape index (κ2) is 9.01. The summed E-state index contributed by atoms with van der Waals surface area (Å²) in [6.45, 7) is 7.37. The van der Waals surface area contributed by atoms with Crippen LogP contribution < -0.4 is 5.06 Å². The molecule has 2 atom stereocenters. The van der Waals surface area contributed by atoms with Crippen LogP contribution in [-0.2, 0) is 16.2 Å². The molecule has 1 aromatic carbocycles. The highest BCUT2D eigenvalue weighted by molar-refractivity contribution is 5.89. The number of carbonyl (C=O) groups excluding carboxylic acids is 1. The molecule has 9 heteroatoms. The molecule has 1 fully saturated rings. The molecule has 0 aliphatic carbocycles. The molecule has 0 bridgehead atoms. The van der Waals surface area contributed by atoms with E-state index in [1.54, 1.807) is 23.0 Å². The normalized spacial score (nSPS) is 20.6. The maximum Gasteiger partial charge on any atom is 0.247 e. The smallest absolute Gasteiger partial charge is 0.247 e. The van der Waals surface area contributed by atoms with Crippen LogP contribution in [0.5, 0.6) is 0 Å². The van der Waals surface area contributed by atoms with Crippen molar-refractivity contribution in [3.63, 3.8) is 0 Å². The predicted molar refractivity (Wildman–Crippen MR) is 97.0 cm³/mol. The molecule has 3 rings (SSSR count). The lowest BCUT2D eigenvalue weighted by atomic mass is 9.87. The van der Waals surface area contributed by atoms with Gasteiger partial charge in [-0.2, -0.15) is 9.86 Å². The van der Waals surface area contributed by atoms with E-state index < -0.39 is 5.82 Å². The Morgan fingerprint density at radius 2 is 2.19 bits per heavy atom. The molecular formula is C18H25FN6O2. The molecular weight excluding hydrogens is 351 g/mol. The molecule has 8 nitrogen and oxygen atoms in total. The number of amides is 1. The minimum atomic E-state index is -0.475. The van der Waals surface area contributed by atoms with E-state index in [0.29, 0.717) is 25.0 Å². The molecule has 0 N–H and O–H groups in total. The van der Waals surface area contributed by atoms with Crippen molar-refractivity contribution in [1.82, 2.24) is 25.1 Å². The molecule has 1 aliphatic heterocycles. The van der Waals surface area contributed by atoms with Crippen LogP contribution in [0.3, 0.4) is 0 Å². The van der Waals surface area contributed by atoms with Gasteiger partial charge in [-0.15, -0.1) is 10.2 Å². The number of likely N-dealkylation sites (tertiary alicyclic amines) is 1. The van der Waals surface area contributed by atoms with Crippen LogP contribution in [0.1, 0.15) is 20.3 Å². The fourth-order valence-electron chi connectivity index (χ4n) is 3.37. The quantitative estimate of drug-likeness (QED) is 0.686. The first-order valence-electron chi connectivity index (χ1n) is 9.16. The van der Waals surface area contributed by atoms with Crippen molar-refractivity contribution < 1.29 is 14.0 Å². The van der Waals surface area contributed by atoms with E-state index in [9.17, 15) is 9.18 Å². The number of aromatic nitrogens is 4. The van der Waals surface area contributed by atoms with E-state index in [1.807, 2.05) is 0 Å². The van der Waals surface area contributed by atoms with Gasteiger partial charge in [0.1, 0.15) is 11.5 Å². The summed E-state index contributed by atoms with van der Waals surface area (Å²) in [4.78, 5) is 21.6. The molecule has 2 heterocycles. The molecule has 27 heavy (non-hydrogen) atoms. The van der Waals surface area contributed by atoms with Crippen LogP contribution in [0.4, 0.5) is 10.1 Å². The van der Waals surface area contributed by atoms with Gasteiger partial charge in [-0.3, -0.25) is 9.63 Å². The zero-order chi connectivity index (χ0) is 19.2. The second-order valence-corrected chi connectivity index (χ2v) is 6.92. The minimum absolute atomic E-state index is 0.149. The summed E-state index contributed by atoms with van der Waals surface area (Å²) in [6.07, 6.45) is 2.39. The van der Waals surface area contributed by atoms with E-state index in [1.165, 1.54) is 19.3 Å². The van der Waals surface area contributed by atoms with E-state index in [0.717, 1.165) is 31.1 Å². The Kier molecular flexibility index (Phi) is 6.46. The lowest BCUT2D eigenvalue weighted by Gasteiger charge is -2.37. The van der Waals surface area contributed by atoms with Crippen LogP contribution in [0.2, 0.25) is 0 Å². The number of halogens is 1. The summed E-state index contributed by atoms with van der Waals surface area (Å²) >= 11 is 0. The number of anilines is 1. The number of benzene rings is 1. The van der Waals surface area contributed by atoms with Gasteiger partial charge in [0.2, 0.25) is 5.91 Å². The average Bonchev–Trinajstić information content (AvgIpc) is 3.16. The Balaban J connectivity index is 1.50. The summed E-state index contributed by atoms with van der Waals surface area (Å²) in [5.41, 5.74) is 0.149. The number of piperidine rings is 1. The van der Waals surface area contributed by atoms with E-state index in [2.05, 4.69) is 27.2 Å². The van der Waals surface area contributed by atoms with Crippen molar-refractivity contribution in [1.29, 1.82) is 0 Å². The third kappa shape index (κ3) is 5.08. The number of carbonyl (C=O) groups is 1. The minimum Gasteiger partial charge on any atom is -0.301 e. The summed E-state index contributed by atoms with van der Waals surface area (Å²) in [5.74, 6) is -0.112. The van der Waals surface area contributed by atoms with Gasteiger partial charge in [0, 0.05) is 20.0 Å². The largest absolute Gasteiger partial charge is 0.301 e. The number of nitrogens with zero attached hydrogens (tertiary/aromatic N) is 6. The Labute approximate surface area is 157 Å². The van der Waals surface area contributed by atoms with Gasteiger partial charge in [0.15, 0.2) is 6.33 Å². The highest BCUT2D eigenvalue weighted by atomic mass is 19.1. The zero-order valence-electron chi connectivity index (χ0n) is 15.7. The Bertz CT molecular complexity index is 741. The number of hydroxylamine groups is 1. The molecule has 0 saturated carbocycles. The highest BCUT2D eigenvalue weighted by Crippen LogP contribution is 2.26. The monoisotopic (exact) mass is 376 g/mol. The number of hydrogen-bond acceptors (Lipinski definition) is 6. The molecule has 1 saturated heterocycles. The molecule has 1 aliphatic rings. The van der Waals surface area contributed by atoms with Gasteiger partial charge in [0.05, 0.1) is 13.2 Å². The average molecular weight is 376 g/mol. The van der Waals surface area contributed by atoms with Gasteiger partial charge in [-0.05, 0) is 42.1 Å². The summed E-state index contributed by atoms with van der Waals surface area (Å²) in [5, 5.41) is 12.7. The van der Waals surface area contributed by atoms with Gasteiger partial charge < -0.3 is 4.90 Å². The SMILES string of the molecule is CC(=O)N(OC[C@@H]1CCN(CCn2ncnn2)C[C@@H]1C)c1ccccc1F. The second-order valence-electron chi connectivity index (χ2n) is 6.92. The molecule has 146 valence electrons. The zero-order valence-corrected chi connectivity index (χ0v) is 15.7. The number of rotatable bonds is 7. The van der Waals surface area contributed by atoms with Crippen molar-refractivity contribution in [2.45, 2.75) is 26.8 Å². The van der Waals surface area contributed by atoms with Crippen LogP contribution >= 0.6 is 0 Å². The van der Waals surface area contributed by atoms with Crippen molar-refractivity contribution >= 4 is 11.6 Å². The van der Waals surface area contributed by atoms with Crippen molar-refractivity contribution in [2.24, 2.45) is 11.8 Å². The van der Waals surface area contributed by atoms with Gasteiger partial charge in [-0.1, -0.05) is 19.1 Å². The van der Waals surface area contributed by atoms with Crippen molar-refractivity contribution in [2.75, 3.05) is 31.3 Å². The predicted octanol–water partition coefficient (Wildman–Crippen LogP) is 1.75. The molecule has 0 spiro atoms. The fourth-order valence-corrected chi connectivity index (χ4v) is 3.37. The van der Waals surface area contributed by atoms with Crippen LogP contribution in [0.15, 0.2) is 30.6 Å². The van der Waals surface area contributed by atoms with Crippen LogP contribution in [0, 0.1) is 17.7 Å². The first-order chi connectivity index (χ1) is 13.0.